The zero-order valence-electron chi connectivity index (χ0n) is 9.57. The summed E-state index contributed by atoms with van der Waals surface area (Å²) in [5, 5.41) is 10.4. The fourth-order valence-corrected chi connectivity index (χ4v) is 1.92. The summed E-state index contributed by atoms with van der Waals surface area (Å²) in [7, 11) is 0. The molecule has 88 valence electrons. The van der Waals surface area contributed by atoms with E-state index in [4.69, 9.17) is 0 Å². The van der Waals surface area contributed by atoms with Crippen LogP contribution >= 0.6 is 0 Å². The third kappa shape index (κ3) is 2.61. The summed E-state index contributed by atoms with van der Waals surface area (Å²) >= 11 is 0. The Labute approximate surface area is 95.2 Å². The number of amides is 1. The molecule has 1 aromatic rings. The number of carbonyl (C=O) groups is 1. The van der Waals surface area contributed by atoms with Gasteiger partial charge in [0, 0.05) is 38.3 Å². The maximum atomic E-state index is 11.0. The smallest absolute Gasteiger partial charge is 0.221 e. The topological polar surface area (TPSA) is 59.0 Å². The Hall–Kier alpha value is -1.36. The van der Waals surface area contributed by atoms with Crippen LogP contribution < -0.4 is 10.6 Å². The van der Waals surface area contributed by atoms with Gasteiger partial charge in [-0.25, -0.2) is 0 Å². The molecule has 5 nitrogen and oxygen atoms in total. The highest BCUT2D eigenvalue weighted by molar-refractivity contribution is 5.78. The molecule has 1 aliphatic heterocycles. The van der Waals surface area contributed by atoms with Crippen LogP contribution in [0.1, 0.15) is 25.5 Å². The number of rotatable bonds is 5. The van der Waals surface area contributed by atoms with Crippen molar-refractivity contribution < 1.29 is 4.79 Å². The molecule has 0 aromatic carbocycles. The molecule has 2 N–H and O–H groups in total. The summed E-state index contributed by atoms with van der Waals surface area (Å²) in [6.07, 6.45) is 3.49. The third-order valence-corrected chi connectivity index (χ3v) is 2.79. The first-order chi connectivity index (χ1) is 7.79. The van der Waals surface area contributed by atoms with Crippen molar-refractivity contribution in [3.63, 3.8) is 0 Å². The van der Waals surface area contributed by atoms with Crippen molar-refractivity contribution in [2.24, 2.45) is 0 Å². The van der Waals surface area contributed by atoms with Gasteiger partial charge >= 0.3 is 0 Å². The Morgan fingerprint density at radius 3 is 3.25 bits per heavy atom. The number of aryl methyl sites for hydroxylation is 1. The van der Waals surface area contributed by atoms with Gasteiger partial charge in [-0.15, -0.1) is 0 Å². The van der Waals surface area contributed by atoms with Crippen LogP contribution in [0.15, 0.2) is 12.3 Å². The summed E-state index contributed by atoms with van der Waals surface area (Å²) in [5.74, 6) is 0.138. The second-order valence-corrected chi connectivity index (χ2v) is 4.13. The van der Waals surface area contributed by atoms with Gasteiger partial charge < -0.3 is 10.6 Å². The second-order valence-electron chi connectivity index (χ2n) is 4.13. The van der Waals surface area contributed by atoms with Gasteiger partial charge in [0.2, 0.25) is 5.91 Å². The molecule has 0 bridgehead atoms. The summed E-state index contributed by atoms with van der Waals surface area (Å²) in [5.41, 5.74) is 1.18. The SMILES string of the molecule is CCCn1nccc1CNC1CNC(=O)C1. The van der Waals surface area contributed by atoms with Gasteiger partial charge in [0.25, 0.3) is 0 Å². The molecular weight excluding hydrogens is 204 g/mol. The number of aromatic nitrogens is 2. The molecule has 0 aliphatic carbocycles. The van der Waals surface area contributed by atoms with Crippen LogP contribution in [-0.2, 0) is 17.9 Å². The molecule has 1 amide bonds. The van der Waals surface area contributed by atoms with E-state index in [0.717, 1.165) is 26.1 Å². The molecule has 5 heteroatoms. The van der Waals surface area contributed by atoms with E-state index in [1.165, 1.54) is 5.69 Å². The molecule has 1 fully saturated rings. The fraction of sp³-hybridized carbons (Fsp3) is 0.636. The van der Waals surface area contributed by atoms with Gasteiger partial charge in [-0.1, -0.05) is 6.92 Å². The van der Waals surface area contributed by atoms with Crippen molar-refractivity contribution in [3.05, 3.63) is 18.0 Å². The highest BCUT2D eigenvalue weighted by Crippen LogP contribution is 2.03. The normalized spacial score (nSPS) is 20.1. The van der Waals surface area contributed by atoms with Crippen molar-refractivity contribution in [3.8, 4) is 0 Å². The Bertz CT molecular complexity index is 361. The van der Waals surface area contributed by atoms with Gasteiger partial charge in [0.05, 0.1) is 5.69 Å². The molecule has 2 heterocycles. The number of hydrogen-bond donors (Lipinski definition) is 2. The third-order valence-electron chi connectivity index (χ3n) is 2.79. The van der Waals surface area contributed by atoms with Crippen LogP contribution in [-0.4, -0.2) is 28.3 Å². The lowest BCUT2D eigenvalue weighted by Gasteiger charge is -2.11. The van der Waals surface area contributed by atoms with E-state index < -0.39 is 0 Å². The Kier molecular flexibility index (Phi) is 3.56. The molecule has 1 unspecified atom stereocenters. The quantitative estimate of drug-likeness (QED) is 0.752. The molecule has 1 saturated heterocycles. The Balaban J connectivity index is 1.84. The van der Waals surface area contributed by atoms with Crippen LogP contribution in [0.5, 0.6) is 0 Å². The predicted octanol–water partition coefficient (Wildman–Crippen LogP) is 0.271. The van der Waals surface area contributed by atoms with Crippen LogP contribution in [0.3, 0.4) is 0 Å². The molecular formula is C11H18N4O. The zero-order valence-corrected chi connectivity index (χ0v) is 9.57. The summed E-state index contributed by atoms with van der Waals surface area (Å²) in [4.78, 5) is 11.0. The largest absolute Gasteiger partial charge is 0.354 e. The molecule has 16 heavy (non-hydrogen) atoms. The maximum Gasteiger partial charge on any atom is 0.221 e. The first kappa shape index (κ1) is 11.1. The van der Waals surface area contributed by atoms with Crippen LogP contribution in [0.2, 0.25) is 0 Å². The highest BCUT2D eigenvalue weighted by Gasteiger charge is 2.20. The lowest BCUT2D eigenvalue weighted by atomic mass is 10.2. The van der Waals surface area contributed by atoms with Crippen molar-refractivity contribution in [1.82, 2.24) is 20.4 Å². The summed E-state index contributed by atoms with van der Waals surface area (Å²) < 4.78 is 2.01. The number of nitrogens with zero attached hydrogens (tertiary/aromatic N) is 2. The van der Waals surface area contributed by atoms with Crippen LogP contribution in [0, 0.1) is 0 Å². The maximum absolute atomic E-state index is 11.0. The van der Waals surface area contributed by atoms with E-state index >= 15 is 0 Å². The van der Waals surface area contributed by atoms with Crippen molar-refractivity contribution in [1.29, 1.82) is 0 Å². The Morgan fingerprint density at radius 1 is 1.69 bits per heavy atom. The monoisotopic (exact) mass is 222 g/mol. The van der Waals surface area contributed by atoms with Gasteiger partial charge in [0.1, 0.15) is 0 Å². The van der Waals surface area contributed by atoms with Gasteiger partial charge in [-0.05, 0) is 12.5 Å². The average molecular weight is 222 g/mol. The van der Waals surface area contributed by atoms with Crippen LogP contribution in [0.25, 0.3) is 0 Å². The summed E-state index contributed by atoms with van der Waals surface area (Å²) in [6.45, 7) is 4.60. The minimum Gasteiger partial charge on any atom is -0.354 e. The molecule has 1 aliphatic rings. The first-order valence-corrected chi connectivity index (χ1v) is 5.80. The standard InChI is InChI=1S/C11H18N4O/c1-2-5-15-10(3-4-14-15)8-12-9-6-11(16)13-7-9/h3-4,9,12H,2,5-8H2,1H3,(H,13,16). The molecule has 0 spiro atoms. The summed E-state index contributed by atoms with van der Waals surface area (Å²) in [6, 6.07) is 2.28. The van der Waals surface area contributed by atoms with Crippen molar-refractivity contribution >= 4 is 5.91 Å². The number of hydrogen-bond acceptors (Lipinski definition) is 3. The number of nitrogens with one attached hydrogen (secondary N) is 2. The Morgan fingerprint density at radius 2 is 2.56 bits per heavy atom. The highest BCUT2D eigenvalue weighted by atomic mass is 16.1. The fourth-order valence-electron chi connectivity index (χ4n) is 1.92. The van der Waals surface area contributed by atoms with E-state index in [0.29, 0.717) is 6.42 Å². The van der Waals surface area contributed by atoms with E-state index in [2.05, 4.69) is 22.7 Å². The first-order valence-electron chi connectivity index (χ1n) is 5.80. The minimum absolute atomic E-state index is 0.138. The van der Waals surface area contributed by atoms with E-state index in [9.17, 15) is 4.79 Å². The van der Waals surface area contributed by atoms with E-state index in [-0.39, 0.29) is 11.9 Å². The second kappa shape index (κ2) is 5.12. The van der Waals surface area contributed by atoms with Crippen molar-refractivity contribution in [2.75, 3.05) is 6.54 Å². The number of carbonyl (C=O) groups excluding carboxylic acids is 1. The lowest BCUT2D eigenvalue weighted by Crippen LogP contribution is -2.31. The molecule has 1 aromatic heterocycles. The molecule has 0 saturated carbocycles. The minimum atomic E-state index is 0.138. The van der Waals surface area contributed by atoms with E-state index in [1.807, 2.05) is 16.9 Å². The van der Waals surface area contributed by atoms with Crippen molar-refractivity contribution in [2.45, 2.75) is 38.9 Å². The van der Waals surface area contributed by atoms with E-state index in [1.54, 1.807) is 0 Å². The van der Waals surface area contributed by atoms with Gasteiger partial charge in [0.15, 0.2) is 0 Å². The van der Waals surface area contributed by atoms with Gasteiger partial charge in [-0.2, -0.15) is 5.10 Å². The lowest BCUT2D eigenvalue weighted by molar-refractivity contribution is -0.119. The van der Waals surface area contributed by atoms with Gasteiger partial charge in [-0.3, -0.25) is 9.48 Å². The average Bonchev–Trinajstić information content (AvgIpc) is 2.85. The molecule has 1 atom stereocenters. The molecule has 0 radical (unpaired) electrons. The van der Waals surface area contributed by atoms with Crippen LogP contribution in [0.4, 0.5) is 0 Å². The zero-order chi connectivity index (χ0) is 11.4. The molecule has 2 rings (SSSR count). The predicted molar refractivity (Wildman–Crippen MR) is 60.8 cm³/mol.